The van der Waals surface area contributed by atoms with Gasteiger partial charge in [0.2, 0.25) is 5.91 Å². The second-order valence-electron chi connectivity index (χ2n) is 5.47. The molecule has 1 heterocycles. The SMILES string of the molecule is C=CCn1c(SCC(=O)NCc2ccc(Cl)cc2)nc2ccccc21. The van der Waals surface area contributed by atoms with Gasteiger partial charge in [0.05, 0.1) is 16.8 Å². The number of para-hydroxylation sites is 2. The zero-order valence-corrected chi connectivity index (χ0v) is 15.2. The molecule has 0 radical (unpaired) electrons. The predicted octanol–water partition coefficient (Wildman–Crippen LogP) is 4.28. The van der Waals surface area contributed by atoms with E-state index >= 15 is 0 Å². The van der Waals surface area contributed by atoms with Gasteiger partial charge in [-0.05, 0) is 29.8 Å². The Balaban J connectivity index is 1.61. The summed E-state index contributed by atoms with van der Waals surface area (Å²) in [6, 6.07) is 15.4. The van der Waals surface area contributed by atoms with Crippen LogP contribution in [0, 0.1) is 0 Å². The summed E-state index contributed by atoms with van der Waals surface area (Å²) in [6.07, 6.45) is 1.83. The quantitative estimate of drug-likeness (QED) is 0.498. The lowest BCUT2D eigenvalue weighted by molar-refractivity contribution is -0.118. The molecule has 2 aromatic carbocycles. The van der Waals surface area contributed by atoms with Gasteiger partial charge in [-0.2, -0.15) is 0 Å². The fourth-order valence-electron chi connectivity index (χ4n) is 2.45. The smallest absolute Gasteiger partial charge is 0.230 e. The summed E-state index contributed by atoms with van der Waals surface area (Å²) in [5, 5.41) is 4.42. The van der Waals surface area contributed by atoms with Crippen molar-refractivity contribution in [3.05, 3.63) is 71.8 Å². The summed E-state index contributed by atoms with van der Waals surface area (Å²) < 4.78 is 2.07. The van der Waals surface area contributed by atoms with Crippen molar-refractivity contribution in [2.24, 2.45) is 0 Å². The molecule has 0 atom stereocenters. The first-order chi connectivity index (χ1) is 12.2. The number of halogens is 1. The normalized spacial score (nSPS) is 10.8. The molecule has 128 valence electrons. The van der Waals surface area contributed by atoms with Crippen molar-refractivity contribution in [1.29, 1.82) is 0 Å². The zero-order valence-electron chi connectivity index (χ0n) is 13.6. The van der Waals surface area contributed by atoms with Gasteiger partial charge in [-0.3, -0.25) is 4.79 Å². The van der Waals surface area contributed by atoms with Crippen LogP contribution in [0.15, 0.2) is 66.3 Å². The second-order valence-corrected chi connectivity index (χ2v) is 6.85. The highest BCUT2D eigenvalue weighted by Gasteiger charge is 2.12. The first-order valence-electron chi connectivity index (χ1n) is 7.87. The minimum Gasteiger partial charge on any atom is -0.351 e. The number of allylic oxidation sites excluding steroid dienone is 1. The number of nitrogens with zero attached hydrogens (tertiary/aromatic N) is 2. The third-order valence-electron chi connectivity index (χ3n) is 3.67. The largest absolute Gasteiger partial charge is 0.351 e. The monoisotopic (exact) mass is 371 g/mol. The average molecular weight is 372 g/mol. The molecular formula is C19H18ClN3OS. The number of thioether (sulfide) groups is 1. The number of carbonyl (C=O) groups excluding carboxylic acids is 1. The van der Waals surface area contributed by atoms with Gasteiger partial charge in [-0.15, -0.1) is 6.58 Å². The lowest BCUT2D eigenvalue weighted by Gasteiger charge is -2.07. The van der Waals surface area contributed by atoms with Crippen LogP contribution in [0.3, 0.4) is 0 Å². The summed E-state index contributed by atoms with van der Waals surface area (Å²) in [4.78, 5) is 16.7. The van der Waals surface area contributed by atoms with E-state index in [9.17, 15) is 4.79 Å². The molecule has 0 spiro atoms. The molecule has 0 aliphatic heterocycles. The molecule has 0 aliphatic rings. The number of aromatic nitrogens is 2. The Morgan fingerprint density at radius 2 is 2.00 bits per heavy atom. The molecule has 0 saturated carbocycles. The van der Waals surface area contributed by atoms with Gasteiger partial charge in [0.25, 0.3) is 0 Å². The van der Waals surface area contributed by atoms with E-state index < -0.39 is 0 Å². The van der Waals surface area contributed by atoms with Crippen LogP contribution in [0.25, 0.3) is 11.0 Å². The van der Waals surface area contributed by atoms with Crippen molar-refractivity contribution in [3.8, 4) is 0 Å². The molecule has 0 bridgehead atoms. The van der Waals surface area contributed by atoms with Crippen molar-refractivity contribution >= 4 is 40.3 Å². The maximum Gasteiger partial charge on any atom is 0.230 e. The highest BCUT2D eigenvalue weighted by molar-refractivity contribution is 7.99. The molecule has 1 amide bonds. The molecule has 3 rings (SSSR count). The van der Waals surface area contributed by atoms with Crippen LogP contribution >= 0.6 is 23.4 Å². The molecule has 1 N–H and O–H groups in total. The van der Waals surface area contributed by atoms with Crippen LogP contribution in [-0.4, -0.2) is 21.2 Å². The Labute approximate surface area is 155 Å². The van der Waals surface area contributed by atoms with Crippen molar-refractivity contribution in [2.45, 2.75) is 18.2 Å². The Morgan fingerprint density at radius 3 is 2.76 bits per heavy atom. The number of rotatable bonds is 7. The van der Waals surface area contributed by atoms with Crippen LogP contribution < -0.4 is 5.32 Å². The van der Waals surface area contributed by atoms with Crippen LogP contribution in [-0.2, 0) is 17.9 Å². The number of carbonyl (C=O) groups is 1. The number of amides is 1. The summed E-state index contributed by atoms with van der Waals surface area (Å²) in [6.45, 7) is 4.95. The van der Waals surface area contributed by atoms with Gasteiger partial charge < -0.3 is 9.88 Å². The molecule has 4 nitrogen and oxygen atoms in total. The van der Waals surface area contributed by atoms with E-state index in [0.717, 1.165) is 21.8 Å². The van der Waals surface area contributed by atoms with Crippen molar-refractivity contribution < 1.29 is 4.79 Å². The van der Waals surface area contributed by atoms with E-state index in [1.807, 2.05) is 54.6 Å². The van der Waals surface area contributed by atoms with Crippen molar-refractivity contribution in [2.75, 3.05) is 5.75 Å². The predicted molar refractivity (Wildman–Crippen MR) is 104 cm³/mol. The fraction of sp³-hybridized carbons (Fsp3) is 0.158. The standard InChI is InChI=1S/C19H18ClN3OS/c1-2-11-23-17-6-4-3-5-16(17)22-19(23)25-13-18(24)21-12-14-7-9-15(20)10-8-14/h2-10H,1,11-13H2,(H,21,24). The second kappa shape index (κ2) is 8.23. The van der Waals surface area contributed by atoms with E-state index in [-0.39, 0.29) is 5.91 Å². The summed E-state index contributed by atoms with van der Waals surface area (Å²) in [5.41, 5.74) is 2.99. The van der Waals surface area contributed by atoms with E-state index in [4.69, 9.17) is 11.6 Å². The molecule has 1 aromatic heterocycles. The Kier molecular flexibility index (Phi) is 5.79. The van der Waals surface area contributed by atoms with E-state index in [2.05, 4.69) is 21.4 Å². The number of imidazole rings is 1. The number of fused-ring (bicyclic) bond motifs is 1. The zero-order chi connectivity index (χ0) is 17.6. The summed E-state index contributed by atoms with van der Waals surface area (Å²) in [7, 11) is 0. The first kappa shape index (κ1) is 17.6. The van der Waals surface area contributed by atoms with E-state index in [0.29, 0.717) is 23.9 Å². The molecule has 0 unspecified atom stereocenters. The van der Waals surface area contributed by atoms with Crippen molar-refractivity contribution in [3.63, 3.8) is 0 Å². The van der Waals surface area contributed by atoms with Crippen LogP contribution in [0.5, 0.6) is 0 Å². The summed E-state index contributed by atoms with van der Waals surface area (Å²) >= 11 is 7.29. The lowest BCUT2D eigenvalue weighted by Crippen LogP contribution is -2.24. The molecule has 0 saturated heterocycles. The van der Waals surface area contributed by atoms with Gasteiger partial charge in [0.15, 0.2) is 5.16 Å². The van der Waals surface area contributed by atoms with Gasteiger partial charge in [-0.25, -0.2) is 4.98 Å². The topological polar surface area (TPSA) is 46.9 Å². The molecular weight excluding hydrogens is 354 g/mol. The van der Waals surface area contributed by atoms with E-state index in [1.165, 1.54) is 11.8 Å². The first-order valence-corrected chi connectivity index (χ1v) is 9.24. The van der Waals surface area contributed by atoms with Crippen LogP contribution in [0.2, 0.25) is 5.02 Å². The van der Waals surface area contributed by atoms with Gasteiger partial charge >= 0.3 is 0 Å². The highest BCUT2D eigenvalue weighted by Crippen LogP contribution is 2.24. The molecule has 6 heteroatoms. The number of nitrogens with one attached hydrogen (secondary N) is 1. The molecule has 0 aliphatic carbocycles. The fourth-order valence-corrected chi connectivity index (χ4v) is 3.43. The third-order valence-corrected chi connectivity index (χ3v) is 4.89. The third kappa shape index (κ3) is 4.44. The number of hydrogen-bond donors (Lipinski definition) is 1. The summed E-state index contributed by atoms with van der Waals surface area (Å²) in [5.74, 6) is 0.283. The molecule has 3 aromatic rings. The van der Waals surface area contributed by atoms with Crippen LogP contribution in [0.4, 0.5) is 0 Å². The Hall–Kier alpha value is -2.24. The minimum atomic E-state index is -0.0304. The minimum absolute atomic E-state index is 0.0304. The van der Waals surface area contributed by atoms with E-state index in [1.54, 1.807) is 0 Å². The van der Waals surface area contributed by atoms with Gasteiger partial charge in [0, 0.05) is 18.1 Å². The number of hydrogen-bond acceptors (Lipinski definition) is 3. The van der Waals surface area contributed by atoms with Crippen molar-refractivity contribution in [1.82, 2.24) is 14.9 Å². The lowest BCUT2D eigenvalue weighted by atomic mass is 10.2. The molecule has 25 heavy (non-hydrogen) atoms. The maximum atomic E-state index is 12.1. The average Bonchev–Trinajstić information content (AvgIpc) is 2.98. The Bertz CT molecular complexity index is 889. The van der Waals surface area contributed by atoms with Gasteiger partial charge in [-0.1, -0.05) is 53.7 Å². The highest BCUT2D eigenvalue weighted by atomic mass is 35.5. The maximum absolute atomic E-state index is 12.1. The Morgan fingerprint density at radius 1 is 1.24 bits per heavy atom. The van der Waals surface area contributed by atoms with Crippen LogP contribution in [0.1, 0.15) is 5.56 Å². The number of benzene rings is 2. The van der Waals surface area contributed by atoms with Gasteiger partial charge in [0.1, 0.15) is 0 Å². The molecule has 0 fully saturated rings.